The van der Waals surface area contributed by atoms with Gasteiger partial charge in [-0.05, 0) is 31.2 Å². The van der Waals surface area contributed by atoms with Crippen molar-refractivity contribution < 1.29 is 8.42 Å². The number of nitrogens with zero attached hydrogens (tertiary/aromatic N) is 1. The zero-order chi connectivity index (χ0) is 12.5. The molecule has 3 atom stereocenters. The first-order valence-corrected chi connectivity index (χ1v) is 8.48. The van der Waals surface area contributed by atoms with Crippen molar-refractivity contribution in [3.05, 3.63) is 0 Å². The summed E-state index contributed by atoms with van der Waals surface area (Å²) < 4.78 is 22.9. The largest absolute Gasteiger partial charge is 0.330 e. The van der Waals surface area contributed by atoms with E-state index in [2.05, 4.69) is 11.8 Å². The second-order valence-corrected chi connectivity index (χ2v) is 7.97. The van der Waals surface area contributed by atoms with Gasteiger partial charge in [-0.1, -0.05) is 13.3 Å². The van der Waals surface area contributed by atoms with Crippen LogP contribution in [-0.4, -0.2) is 50.5 Å². The van der Waals surface area contributed by atoms with Crippen LogP contribution in [0.4, 0.5) is 0 Å². The molecule has 2 N–H and O–H groups in total. The molecule has 0 spiro atoms. The molecule has 0 aromatic carbocycles. The minimum absolute atomic E-state index is 0.329. The molecule has 100 valence electrons. The van der Waals surface area contributed by atoms with E-state index in [1.807, 2.05) is 0 Å². The van der Waals surface area contributed by atoms with E-state index in [4.69, 9.17) is 5.73 Å². The van der Waals surface area contributed by atoms with Crippen LogP contribution in [0, 0.1) is 11.8 Å². The first-order valence-electron chi connectivity index (χ1n) is 6.66. The average Bonchev–Trinajstić information content (AvgIpc) is 2.29. The van der Waals surface area contributed by atoms with E-state index < -0.39 is 9.84 Å². The molecule has 0 amide bonds. The first kappa shape index (κ1) is 13.3. The highest BCUT2D eigenvalue weighted by atomic mass is 32.2. The Balaban J connectivity index is 2.00. The topological polar surface area (TPSA) is 63.4 Å². The molecule has 1 aliphatic carbocycles. The summed E-state index contributed by atoms with van der Waals surface area (Å²) in [5, 5.41) is 0. The molecule has 0 aromatic rings. The highest BCUT2D eigenvalue weighted by molar-refractivity contribution is 7.91. The van der Waals surface area contributed by atoms with E-state index in [9.17, 15) is 8.42 Å². The maximum atomic E-state index is 11.4. The molecule has 1 saturated carbocycles. The molecule has 1 aliphatic heterocycles. The highest BCUT2D eigenvalue weighted by Crippen LogP contribution is 2.32. The van der Waals surface area contributed by atoms with Gasteiger partial charge in [0.05, 0.1) is 11.5 Å². The standard InChI is InChI=1S/C12H24N2O2S/c1-10-2-3-11(9-13)12(8-10)14-4-6-17(15,16)7-5-14/h10-12H,2-9,13H2,1H3. The summed E-state index contributed by atoms with van der Waals surface area (Å²) in [6.07, 6.45) is 3.65. The fourth-order valence-electron chi connectivity index (χ4n) is 3.19. The second kappa shape index (κ2) is 5.24. The lowest BCUT2D eigenvalue weighted by Gasteiger charge is -2.43. The zero-order valence-corrected chi connectivity index (χ0v) is 11.5. The minimum Gasteiger partial charge on any atom is -0.330 e. The van der Waals surface area contributed by atoms with Gasteiger partial charge in [-0.15, -0.1) is 0 Å². The van der Waals surface area contributed by atoms with E-state index in [1.54, 1.807) is 0 Å². The van der Waals surface area contributed by atoms with Crippen LogP contribution in [0.3, 0.4) is 0 Å². The Morgan fingerprint density at radius 1 is 1.24 bits per heavy atom. The van der Waals surface area contributed by atoms with Crippen molar-refractivity contribution >= 4 is 9.84 Å². The Kier molecular flexibility index (Phi) is 4.10. The molecule has 0 bridgehead atoms. The van der Waals surface area contributed by atoms with Gasteiger partial charge in [0.1, 0.15) is 0 Å². The van der Waals surface area contributed by atoms with Gasteiger partial charge >= 0.3 is 0 Å². The molecule has 5 heteroatoms. The minimum atomic E-state index is -2.76. The Labute approximate surface area is 104 Å². The molecule has 0 aromatic heterocycles. The van der Waals surface area contributed by atoms with Crippen LogP contribution in [0.25, 0.3) is 0 Å². The van der Waals surface area contributed by atoms with Crippen molar-refractivity contribution in [2.24, 2.45) is 17.6 Å². The Hall–Kier alpha value is -0.130. The van der Waals surface area contributed by atoms with Crippen LogP contribution >= 0.6 is 0 Å². The maximum absolute atomic E-state index is 11.4. The lowest BCUT2D eigenvalue weighted by molar-refractivity contribution is 0.0934. The quantitative estimate of drug-likeness (QED) is 0.784. The summed E-state index contributed by atoms with van der Waals surface area (Å²) in [5.74, 6) is 1.97. The molecule has 2 fully saturated rings. The van der Waals surface area contributed by atoms with Crippen molar-refractivity contribution in [1.82, 2.24) is 4.90 Å². The summed E-state index contributed by atoms with van der Waals surface area (Å²) in [6.45, 7) is 4.44. The Bertz CT molecular complexity index is 342. The fourth-order valence-corrected chi connectivity index (χ4v) is 4.42. The molecule has 17 heavy (non-hydrogen) atoms. The van der Waals surface area contributed by atoms with Crippen LogP contribution in [0.5, 0.6) is 0 Å². The van der Waals surface area contributed by atoms with Crippen LogP contribution in [0.1, 0.15) is 26.2 Å². The monoisotopic (exact) mass is 260 g/mol. The second-order valence-electron chi connectivity index (χ2n) is 5.67. The first-order chi connectivity index (χ1) is 8.02. The molecule has 3 unspecified atom stereocenters. The van der Waals surface area contributed by atoms with E-state index in [1.165, 1.54) is 19.3 Å². The van der Waals surface area contributed by atoms with Crippen molar-refractivity contribution in [3.63, 3.8) is 0 Å². The van der Waals surface area contributed by atoms with Crippen LogP contribution in [0.15, 0.2) is 0 Å². The van der Waals surface area contributed by atoms with Crippen LogP contribution in [-0.2, 0) is 9.84 Å². The predicted octanol–water partition coefficient (Wildman–Crippen LogP) is 0.480. The molecular formula is C12H24N2O2S. The van der Waals surface area contributed by atoms with E-state index >= 15 is 0 Å². The highest BCUT2D eigenvalue weighted by Gasteiger charge is 2.34. The number of nitrogens with two attached hydrogens (primary N) is 1. The zero-order valence-electron chi connectivity index (χ0n) is 10.6. The summed E-state index contributed by atoms with van der Waals surface area (Å²) in [4.78, 5) is 2.37. The van der Waals surface area contributed by atoms with E-state index in [0.29, 0.717) is 36.6 Å². The van der Waals surface area contributed by atoms with Gasteiger partial charge in [0.25, 0.3) is 0 Å². The fraction of sp³-hybridized carbons (Fsp3) is 1.00. The predicted molar refractivity (Wildman–Crippen MR) is 69.6 cm³/mol. The van der Waals surface area contributed by atoms with Crippen LogP contribution in [0.2, 0.25) is 0 Å². The summed E-state index contributed by atoms with van der Waals surface area (Å²) in [7, 11) is -2.76. The third-order valence-corrected chi connectivity index (χ3v) is 5.98. The number of hydrogen-bond donors (Lipinski definition) is 1. The number of hydrogen-bond acceptors (Lipinski definition) is 4. The summed E-state index contributed by atoms with van der Waals surface area (Å²) in [6, 6.07) is 0.513. The number of rotatable bonds is 2. The van der Waals surface area contributed by atoms with Gasteiger partial charge in [0, 0.05) is 19.1 Å². The van der Waals surface area contributed by atoms with Gasteiger partial charge in [-0.25, -0.2) is 8.42 Å². The molecule has 1 heterocycles. The molecule has 1 saturated heterocycles. The van der Waals surface area contributed by atoms with Gasteiger partial charge in [-0.2, -0.15) is 0 Å². The lowest BCUT2D eigenvalue weighted by atomic mass is 9.78. The molecule has 2 aliphatic rings. The molecule has 2 rings (SSSR count). The van der Waals surface area contributed by atoms with Crippen molar-refractivity contribution in [3.8, 4) is 0 Å². The van der Waals surface area contributed by atoms with Crippen molar-refractivity contribution in [1.29, 1.82) is 0 Å². The van der Waals surface area contributed by atoms with Gasteiger partial charge in [0.2, 0.25) is 0 Å². The van der Waals surface area contributed by atoms with Gasteiger partial charge in [0.15, 0.2) is 9.84 Å². The third kappa shape index (κ3) is 3.20. The Morgan fingerprint density at radius 3 is 2.47 bits per heavy atom. The molecule has 4 nitrogen and oxygen atoms in total. The third-order valence-electron chi connectivity index (χ3n) is 4.37. The van der Waals surface area contributed by atoms with Gasteiger partial charge in [-0.3, -0.25) is 4.90 Å². The van der Waals surface area contributed by atoms with Crippen molar-refractivity contribution in [2.45, 2.75) is 32.2 Å². The van der Waals surface area contributed by atoms with Crippen LogP contribution < -0.4 is 5.73 Å². The lowest BCUT2D eigenvalue weighted by Crippen LogP contribution is -2.52. The smallest absolute Gasteiger partial charge is 0.152 e. The molecular weight excluding hydrogens is 236 g/mol. The molecule has 0 radical (unpaired) electrons. The maximum Gasteiger partial charge on any atom is 0.152 e. The normalized spacial score (nSPS) is 39.1. The van der Waals surface area contributed by atoms with Crippen molar-refractivity contribution in [2.75, 3.05) is 31.1 Å². The average molecular weight is 260 g/mol. The van der Waals surface area contributed by atoms with E-state index in [0.717, 1.165) is 12.5 Å². The SMILES string of the molecule is CC1CCC(CN)C(N2CCS(=O)(=O)CC2)C1. The number of sulfone groups is 1. The Morgan fingerprint density at radius 2 is 1.88 bits per heavy atom. The summed E-state index contributed by atoms with van der Waals surface area (Å²) >= 11 is 0. The summed E-state index contributed by atoms with van der Waals surface area (Å²) in [5.41, 5.74) is 5.85. The van der Waals surface area contributed by atoms with E-state index in [-0.39, 0.29) is 0 Å². The van der Waals surface area contributed by atoms with Gasteiger partial charge < -0.3 is 5.73 Å².